The topological polar surface area (TPSA) is 55.3 Å². The highest BCUT2D eigenvalue weighted by molar-refractivity contribution is 6.35. The number of carbonyl (C=O) groups excluding carboxylic acids is 1. The summed E-state index contributed by atoms with van der Waals surface area (Å²) in [5.74, 6) is 0.320. The van der Waals surface area contributed by atoms with Crippen LogP contribution >= 0.6 is 23.2 Å². The smallest absolute Gasteiger partial charge is 0.255 e. The molecule has 0 spiro atoms. The molecule has 1 aliphatic heterocycles. The summed E-state index contributed by atoms with van der Waals surface area (Å²) in [6.45, 7) is 1.09. The second-order valence-corrected chi connectivity index (χ2v) is 5.79. The maximum Gasteiger partial charge on any atom is 0.255 e. The third-order valence-electron chi connectivity index (χ3n) is 3.42. The molecule has 5 nitrogen and oxygen atoms in total. The molecule has 0 aliphatic carbocycles. The second-order valence-electron chi connectivity index (χ2n) is 4.95. The number of carbonyl (C=O) groups is 1. The van der Waals surface area contributed by atoms with Crippen molar-refractivity contribution in [2.75, 3.05) is 13.1 Å². The summed E-state index contributed by atoms with van der Waals surface area (Å²) in [5.41, 5.74) is 0.411. The minimum Gasteiger partial charge on any atom is -0.471 e. The van der Waals surface area contributed by atoms with Crippen molar-refractivity contribution < 1.29 is 9.53 Å². The van der Waals surface area contributed by atoms with Crippen LogP contribution in [-0.4, -0.2) is 40.0 Å². The van der Waals surface area contributed by atoms with Gasteiger partial charge in [0.15, 0.2) is 0 Å². The Hall–Kier alpha value is -1.85. The molecule has 0 radical (unpaired) electrons. The first kappa shape index (κ1) is 15.1. The third kappa shape index (κ3) is 3.31. The molecule has 3 rings (SSSR count). The molecule has 7 heteroatoms. The van der Waals surface area contributed by atoms with E-state index in [4.69, 9.17) is 27.9 Å². The molecular formula is C15H13Cl2N3O2. The molecule has 0 saturated carbocycles. The fraction of sp³-hybridized carbons (Fsp3) is 0.267. The molecule has 22 heavy (non-hydrogen) atoms. The highest BCUT2D eigenvalue weighted by Crippen LogP contribution is 2.24. The van der Waals surface area contributed by atoms with E-state index in [1.807, 2.05) is 0 Å². The number of benzene rings is 1. The van der Waals surface area contributed by atoms with Crippen LogP contribution in [-0.2, 0) is 0 Å². The first-order valence-corrected chi connectivity index (χ1v) is 7.56. The van der Waals surface area contributed by atoms with E-state index in [1.165, 1.54) is 0 Å². The summed E-state index contributed by atoms with van der Waals surface area (Å²) in [5, 5.41) is 0.881. The van der Waals surface area contributed by atoms with Gasteiger partial charge in [0.05, 0.1) is 23.3 Å². The van der Waals surface area contributed by atoms with Gasteiger partial charge in [-0.1, -0.05) is 23.2 Å². The van der Waals surface area contributed by atoms with E-state index in [0.29, 0.717) is 34.6 Å². The van der Waals surface area contributed by atoms with Crippen molar-refractivity contribution in [1.29, 1.82) is 0 Å². The van der Waals surface area contributed by atoms with Crippen molar-refractivity contribution in [3.05, 3.63) is 52.4 Å². The van der Waals surface area contributed by atoms with Crippen molar-refractivity contribution in [1.82, 2.24) is 14.9 Å². The highest BCUT2D eigenvalue weighted by atomic mass is 35.5. The zero-order valence-corrected chi connectivity index (χ0v) is 13.1. The molecule has 0 bridgehead atoms. The van der Waals surface area contributed by atoms with Crippen LogP contribution in [0.3, 0.4) is 0 Å². The number of likely N-dealkylation sites (tertiary alicyclic amines) is 1. The maximum atomic E-state index is 12.5. The van der Waals surface area contributed by atoms with Crippen LogP contribution in [0.15, 0.2) is 36.8 Å². The lowest BCUT2D eigenvalue weighted by Crippen LogP contribution is -2.31. The number of rotatable bonds is 3. The predicted octanol–water partition coefficient (Wildman–Crippen LogP) is 3.08. The molecule has 0 N–H and O–H groups in total. The van der Waals surface area contributed by atoms with Gasteiger partial charge < -0.3 is 9.64 Å². The van der Waals surface area contributed by atoms with E-state index >= 15 is 0 Å². The Morgan fingerprint density at radius 1 is 1.32 bits per heavy atom. The lowest BCUT2D eigenvalue weighted by atomic mass is 10.2. The summed E-state index contributed by atoms with van der Waals surface area (Å²) >= 11 is 12.0. The molecule has 1 aliphatic rings. The van der Waals surface area contributed by atoms with E-state index in [0.717, 1.165) is 6.42 Å². The quantitative estimate of drug-likeness (QED) is 0.863. The Kier molecular flexibility index (Phi) is 4.45. The fourth-order valence-electron chi connectivity index (χ4n) is 2.36. The van der Waals surface area contributed by atoms with Gasteiger partial charge in [0.2, 0.25) is 5.88 Å². The molecule has 1 aromatic heterocycles. The lowest BCUT2D eigenvalue weighted by molar-refractivity contribution is 0.0771. The van der Waals surface area contributed by atoms with E-state index in [-0.39, 0.29) is 12.0 Å². The van der Waals surface area contributed by atoms with Crippen molar-refractivity contribution in [3.8, 4) is 5.88 Å². The summed E-state index contributed by atoms with van der Waals surface area (Å²) in [6, 6.07) is 4.87. The Bertz CT molecular complexity index is 682. The van der Waals surface area contributed by atoms with Gasteiger partial charge in [-0.25, -0.2) is 4.98 Å². The van der Waals surface area contributed by atoms with Gasteiger partial charge >= 0.3 is 0 Å². The van der Waals surface area contributed by atoms with Gasteiger partial charge in [0, 0.05) is 30.4 Å². The van der Waals surface area contributed by atoms with E-state index in [1.54, 1.807) is 41.7 Å². The molecule has 1 amide bonds. The van der Waals surface area contributed by atoms with E-state index in [2.05, 4.69) is 9.97 Å². The number of aromatic nitrogens is 2. The fourth-order valence-corrected chi connectivity index (χ4v) is 2.73. The number of hydrogen-bond acceptors (Lipinski definition) is 4. The van der Waals surface area contributed by atoms with Crippen molar-refractivity contribution in [2.24, 2.45) is 0 Å². The number of halogens is 2. The van der Waals surface area contributed by atoms with Crippen LogP contribution in [0.5, 0.6) is 5.88 Å². The predicted molar refractivity (Wildman–Crippen MR) is 83.4 cm³/mol. The summed E-state index contributed by atoms with van der Waals surface area (Å²) in [4.78, 5) is 22.2. The van der Waals surface area contributed by atoms with Crippen LogP contribution in [0.2, 0.25) is 10.0 Å². The van der Waals surface area contributed by atoms with Crippen LogP contribution in [0.4, 0.5) is 0 Å². The molecule has 1 saturated heterocycles. The normalized spacial score (nSPS) is 17.5. The SMILES string of the molecule is O=C(c1cc(Cl)ccc1Cl)N1CCC(Oc2cnccn2)C1. The third-order valence-corrected chi connectivity index (χ3v) is 3.98. The van der Waals surface area contributed by atoms with Crippen LogP contribution in [0.1, 0.15) is 16.8 Å². The average molecular weight is 338 g/mol. The lowest BCUT2D eigenvalue weighted by Gasteiger charge is -2.17. The van der Waals surface area contributed by atoms with E-state index < -0.39 is 0 Å². The van der Waals surface area contributed by atoms with Crippen molar-refractivity contribution >= 4 is 29.1 Å². The Morgan fingerprint density at radius 2 is 2.18 bits per heavy atom. The first-order valence-electron chi connectivity index (χ1n) is 6.80. The summed E-state index contributed by atoms with van der Waals surface area (Å²) in [7, 11) is 0. The minimum absolute atomic E-state index is 0.0985. The Balaban J connectivity index is 1.67. The van der Waals surface area contributed by atoms with Gasteiger partial charge in [-0.05, 0) is 18.2 Å². The van der Waals surface area contributed by atoms with Crippen molar-refractivity contribution in [3.63, 3.8) is 0 Å². The van der Waals surface area contributed by atoms with Gasteiger partial charge in [-0.3, -0.25) is 9.78 Å². The minimum atomic E-state index is -0.141. The molecule has 2 aromatic rings. The zero-order chi connectivity index (χ0) is 15.5. The van der Waals surface area contributed by atoms with Crippen molar-refractivity contribution in [2.45, 2.75) is 12.5 Å². The standard InChI is InChI=1S/C15H13Cl2N3O2/c16-10-1-2-13(17)12(7-10)15(21)20-6-3-11(9-20)22-14-8-18-4-5-19-14/h1-2,4-5,7-8,11H,3,6,9H2. The van der Waals surface area contributed by atoms with Crippen LogP contribution in [0.25, 0.3) is 0 Å². The summed E-state index contributed by atoms with van der Waals surface area (Å²) < 4.78 is 5.72. The number of ether oxygens (including phenoxy) is 1. The largest absolute Gasteiger partial charge is 0.471 e. The van der Waals surface area contributed by atoms with Gasteiger partial charge in [0.25, 0.3) is 5.91 Å². The molecular weight excluding hydrogens is 325 g/mol. The second kappa shape index (κ2) is 6.50. The Morgan fingerprint density at radius 3 is 2.95 bits per heavy atom. The molecule has 1 aromatic carbocycles. The zero-order valence-electron chi connectivity index (χ0n) is 11.6. The first-order chi connectivity index (χ1) is 10.6. The van der Waals surface area contributed by atoms with Gasteiger partial charge in [-0.15, -0.1) is 0 Å². The molecule has 1 unspecified atom stereocenters. The number of hydrogen-bond donors (Lipinski definition) is 0. The molecule has 1 atom stereocenters. The molecule has 114 valence electrons. The number of amides is 1. The maximum absolute atomic E-state index is 12.5. The Labute approximate surface area is 137 Å². The summed E-state index contributed by atoms with van der Waals surface area (Å²) in [6.07, 6.45) is 5.34. The van der Waals surface area contributed by atoms with Crippen LogP contribution in [0, 0.1) is 0 Å². The van der Waals surface area contributed by atoms with Gasteiger partial charge in [-0.2, -0.15) is 0 Å². The molecule has 2 heterocycles. The van der Waals surface area contributed by atoms with Gasteiger partial charge in [0.1, 0.15) is 6.10 Å². The highest BCUT2D eigenvalue weighted by Gasteiger charge is 2.29. The molecule has 1 fully saturated rings. The monoisotopic (exact) mass is 337 g/mol. The number of nitrogens with zero attached hydrogens (tertiary/aromatic N) is 3. The van der Waals surface area contributed by atoms with Crippen LogP contribution < -0.4 is 4.74 Å². The average Bonchev–Trinajstić information content (AvgIpc) is 2.98. The van der Waals surface area contributed by atoms with E-state index in [9.17, 15) is 4.79 Å².